The highest BCUT2D eigenvalue weighted by atomic mass is 16.2. The van der Waals surface area contributed by atoms with E-state index in [1.54, 1.807) is 0 Å². The number of amides is 2. The SMILES string of the molecule is O=C1[C@@H]2C(=O)[C@](c3ccccc3)(C(=O)N1Cc1ccccc1)C2c1ccccc1. The Labute approximate surface area is 168 Å². The Hall–Kier alpha value is -3.53. The van der Waals surface area contributed by atoms with Crippen molar-refractivity contribution in [3.63, 3.8) is 0 Å². The smallest absolute Gasteiger partial charge is 0.248 e. The van der Waals surface area contributed by atoms with Crippen molar-refractivity contribution < 1.29 is 14.4 Å². The number of hydrogen-bond donors (Lipinski definition) is 0. The van der Waals surface area contributed by atoms with Crippen LogP contribution in [-0.2, 0) is 26.3 Å². The summed E-state index contributed by atoms with van der Waals surface area (Å²) in [5, 5.41) is 0. The summed E-state index contributed by atoms with van der Waals surface area (Å²) in [4.78, 5) is 41.6. The monoisotopic (exact) mass is 381 g/mol. The van der Waals surface area contributed by atoms with E-state index in [0.717, 1.165) is 11.1 Å². The quantitative estimate of drug-likeness (QED) is 0.514. The second kappa shape index (κ2) is 6.52. The van der Waals surface area contributed by atoms with Crippen LogP contribution in [0.5, 0.6) is 0 Å². The van der Waals surface area contributed by atoms with Crippen LogP contribution >= 0.6 is 0 Å². The third-order valence-electron chi connectivity index (χ3n) is 6.16. The Balaban J connectivity index is 1.65. The number of likely N-dealkylation sites (tertiary alicyclic amines) is 1. The van der Waals surface area contributed by atoms with E-state index in [4.69, 9.17) is 0 Å². The predicted molar refractivity (Wildman–Crippen MR) is 108 cm³/mol. The maximum absolute atomic E-state index is 13.8. The summed E-state index contributed by atoms with van der Waals surface area (Å²) in [6, 6.07) is 28.0. The predicted octanol–water partition coefficient (Wildman–Crippen LogP) is 3.48. The van der Waals surface area contributed by atoms with Gasteiger partial charge in [0.1, 0.15) is 11.3 Å². The van der Waals surface area contributed by atoms with E-state index in [2.05, 4.69) is 0 Å². The molecule has 3 atom stereocenters. The number of fused-ring (bicyclic) bond motifs is 2. The number of hydrogen-bond acceptors (Lipinski definition) is 3. The fourth-order valence-corrected chi connectivity index (χ4v) is 4.84. The first-order valence-electron chi connectivity index (χ1n) is 9.70. The number of benzene rings is 3. The van der Waals surface area contributed by atoms with Crippen LogP contribution in [0.3, 0.4) is 0 Å². The molecule has 2 amide bonds. The Kier molecular flexibility index (Phi) is 3.95. The van der Waals surface area contributed by atoms with Crippen LogP contribution < -0.4 is 0 Å². The average Bonchev–Trinajstić information content (AvgIpc) is 2.77. The molecule has 1 aliphatic carbocycles. The molecule has 0 aromatic heterocycles. The lowest BCUT2D eigenvalue weighted by atomic mass is 9.45. The van der Waals surface area contributed by atoms with Crippen molar-refractivity contribution in [1.29, 1.82) is 0 Å². The summed E-state index contributed by atoms with van der Waals surface area (Å²) in [6.07, 6.45) is 0. The van der Waals surface area contributed by atoms with Crippen LogP contribution in [0, 0.1) is 5.92 Å². The topological polar surface area (TPSA) is 54.5 Å². The highest BCUT2D eigenvalue weighted by Gasteiger charge is 2.75. The second-order valence-corrected chi connectivity index (χ2v) is 7.62. The lowest BCUT2D eigenvalue weighted by Crippen LogP contribution is -2.75. The number of rotatable bonds is 4. The Bertz CT molecular complexity index is 1090. The highest BCUT2D eigenvalue weighted by molar-refractivity contribution is 6.32. The van der Waals surface area contributed by atoms with Gasteiger partial charge in [-0.1, -0.05) is 91.0 Å². The molecular formula is C25H19NO3. The fourth-order valence-electron chi connectivity index (χ4n) is 4.84. The zero-order valence-electron chi connectivity index (χ0n) is 15.7. The number of carbonyl (C=O) groups is 3. The summed E-state index contributed by atoms with van der Waals surface area (Å²) in [6.45, 7) is 0.179. The van der Waals surface area contributed by atoms with Crippen molar-refractivity contribution in [3.8, 4) is 0 Å². The minimum absolute atomic E-state index is 0.179. The minimum Gasteiger partial charge on any atom is -0.297 e. The number of carbonyl (C=O) groups excluding carboxylic acids is 3. The van der Waals surface area contributed by atoms with E-state index in [1.165, 1.54) is 4.90 Å². The van der Waals surface area contributed by atoms with Crippen molar-refractivity contribution in [2.45, 2.75) is 17.9 Å². The van der Waals surface area contributed by atoms with E-state index >= 15 is 0 Å². The first kappa shape index (κ1) is 17.6. The van der Waals surface area contributed by atoms with Crippen LogP contribution in [0.4, 0.5) is 0 Å². The molecule has 29 heavy (non-hydrogen) atoms. The van der Waals surface area contributed by atoms with E-state index in [0.29, 0.717) is 5.56 Å². The molecule has 0 N–H and O–H groups in total. The molecule has 1 unspecified atom stereocenters. The third kappa shape index (κ3) is 2.35. The van der Waals surface area contributed by atoms with Crippen LogP contribution in [0.25, 0.3) is 0 Å². The summed E-state index contributed by atoms with van der Waals surface area (Å²) in [5.41, 5.74) is 1.03. The standard InChI is InChI=1S/C25H19NO3/c27-22-20-21(18-12-6-2-7-13-18)25(22,19-14-8-3-9-15-19)24(29)26(23(20)28)16-17-10-4-1-5-11-17/h1-15,20-21H,16H2/t20-,21?,25+/m0/s1. The van der Waals surface area contributed by atoms with Gasteiger partial charge in [-0.05, 0) is 16.7 Å². The molecule has 1 saturated carbocycles. The first-order chi connectivity index (χ1) is 14.2. The van der Waals surface area contributed by atoms with Gasteiger partial charge in [0.25, 0.3) is 0 Å². The molecular weight excluding hydrogens is 362 g/mol. The van der Waals surface area contributed by atoms with Gasteiger partial charge in [0.05, 0.1) is 6.54 Å². The molecule has 1 heterocycles. The lowest BCUT2D eigenvalue weighted by Gasteiger charge is -2.57. The van der Waals surface area contributed by atoms with Crippen molar-refractivity contribution >= 4 is 17.6 Å². The number of ketones is 1. The number of imide groups is 1. The van der Waals surface area contributed by atoms with E-state index in [1.807, 2.05) is 91.0 Å². The third-order valence-corrected chi connectivity index (χ3v) is 6.16. The van der Waals surface area contributed by atoms with Crippen molar-refractivity contribution in [2.75, 3.05) is 0 Å². The van der Waals surface area contributed by atoms with Gasteiger partial charge in [0.2, 0.25) is 11.8 Å². The zero-order chi connectivity index (χ0) is 20.0. The van der Waals surface area contributed by atoms with Gasteiger partial charge in [0.15, 0.2) is 5.78 Å². The molecule has 0 spiro atoms. The Morgan fingerprint density at radius 2 is 1.28 bits per heavy atom. The molecule has 3 aromatic rings. The molecule has 2 bridgehead atoms. The van der Waals surface area contributed by atoms with Gasteiger partial charge in [-0.2, -0.15) is 0 Å². The normalized spacial score (nSPS) is 25.7. The van der Waals surface area contributed by atoms with Gasteiger partial charge in [0, 0.05) is 5.92 Å². The summed E-state index contributed by atoms with van der Waals surface area (Å²) in [5.74, 6) is -2.38. The molecule has 0 radical (unpaired) electrons. The maximum Gasteiger partial charge on any atom is 0.248 e. The summed E-state index contributed by atoms with van der Waals surface area (Å²) < 4.78 is 0. The molecule has 4 nitrogen and oxygen atoms in total. The molecule has 5 rings (SSSR count). The average molecular weight is 381 g/mol. The molecule has 1 saturated heterocycles. The molecule has 3 aromatic carbocycles. The lowest BCUT2D eigenvalue weighted by molar-refractivity contribution is -0.177. The van der Waals surface area contributed by atoms with E-state index in [-0.39, 0.29) is 12.3 Å². The van der Waals surface area contributed by atoms with Crippen LogP contribution in [0.1, 0.15) is 22.6 Å². The van der Waals surface area contributed by atoms with Crippen molar-refractivity contribution in [1.82, 2.24) is 4.90 Å². The molecule has 142 valence electrons. The second-order valence-electron chi connectivity index (χ2n) is 7.62. The van der Waals surface area contributed by atoms with Crippen molar-refractivity contribution in [3.05, 3.63) is 108 Å². The fraction of sp³-hybridized carbons (Fsp3) is 0.160. The van der Waals surface area contributed by atoms with Gasteiger partial charge >= 0.3 is 0 Å². The number of piperidine rings is 2. The van der Waals surface area contributed by atoms with Gasteiger partial charge in [-0.15, -0.1) is 0 Å². The summed E-state index contributed by atoms with van der Waals surface area (Å²) in [7, 11) is 0. The summed E-state index contributed by atoms with van der Waals surface area (Å²) >= 11 is 0. The number of Topliss-reactive ketones (excluding diaryl/α,β-unsaturated/α-hetero) is 1. The molecule has 1 aliphatic heterocycles. The Morgan fingerprint density at radius 1 is 0.724 bits per heavy atom. The van der Waals surface area contributed by atoms with Gasteiger partial charge in [-0.25, -0.2) is 0 Å². The molecule has 2 aliphatic rings. The largest absolute Gasteiger partial charge is 0.297 e. The maximum atomic E-state index is 13.8. The highest BCUT2D eigenvalue weighted by Crippen LogP contribution is 2.60. The van der Waals surface area contributed by atoms with Crippen molar-refractivity contribution in [2.24, 2.45) is 5.92 Å². The van der Waals surface area contributed by atoms with Gasteiger partial charge < -0.3 is 0 Å². The van der Waals surface area contributed by atoms with Crippen LogP contribution in [-0.4, -0.2) is 22.5 Å². The Morgan fingerprint density at radius 3 is 1.90 bits per heavy atom. The first-order valence-corrected chi connectivity index (χ1v) is 9.70. The number of nitrogens with zero attached hydrogens (tertiary/aromatic N) is 1. The molecule has 4 heteroatoms. The van der Waals surface area contributed by atoms with Crippen LogP contribution in [0.15, 0.2) is 91.0 Å². The molecule has 2 fully saturated rings. The van der Waals surface area contributed by atoms with E-state index < -0.39 is 29.1 Å². The zero-order valence-corrected chi connectivity index (χ0v) is 15.7. The minimum atomic E-state index is -1.34. The van der Waals surface area contributed by atoms with Crippen LogP contribution in [0.2, 0.25) is 0 Å². The van der Waals surface area contributed by atoms with E-state index in [9.17, 15) is 14.4 Å². The van der Waals surface area contributed by atoms with Gasteiger partial charge in [-0.3, -0.25) is 19.3 Å².